The molecule has 0 atom stereocenters. The van der Waals surface area contributed by atoms with Gasteiger partial charge < -0.3 is 9.47 Å². The number of esters is 1. The van der Waals surface area contributed by atoms with E-state index in [9.17, 15) is 4.79 Å². The van der Waals surface area contributed by atoms with Crippen LogP contribution in [0.15, 0.2) is 18.7 Å². The van der Waals surface area contributed by atoms with Gasteiger partial charge in [0.15, 0.2) is 5.69 Å². The van der Waals surface area contributed by atoms with Gasteiger partial charge >= 0.3 is 5.97 Å². The SMILES string of the molecule is COC(=O)c1cn2cncc2c(OC)n1. The molecule has 78 valence electrons. The quantitative estimate of drug-likeness (QED) is 0.672. The van der Waals surface area contributed by atoms with Gasteiger partial charge in [-0.05, 0) is 0 Å². The van der Waals surface area contributed by atoms with Crippen molar-refractivity contribution in [3.63, 3.8) is 0 Å². The molecule has 0 spiro atoms. The molecule has 6 heteroatoms. The van der Waals surface area contributed by atoms with Gasteiger partial charge in [-0.25, -0.2) is 14.8 Å². The van der Waals surface area contributed by atoms with Crippen LogP contribution in [0.5, 0.6) is 5.88 Å². The van der Waals surface area contributed by atoms with E-state index >= 15 is 0 Å². The van der Waals surface area contributed by atoms with Gasteiger partial charge in [-0.15, -0.1) is 0 Å². The molecule has 0 fully saturated rings. The van der Waals surface area contributed by atoms with E-state index in [2.05, 4.69) is 14.7 Å². The summed E-state index contributed by atoms with van der Waals surface area (Å²) < 4.78 is 11.3. The van der Waals surface area contributed by atoms with Gasteiger partial charge in [-0.3, -0.25) is 4.40 Å². The summed E-state index contributed by atoms with van der Waals surface area (Å²) in [4.78, 5) is 19.2. The largest absolute Gasteiger partial charge is 0.479 e. The van der Waals surface area contributed by atoms with Crippen LogP contribution in [0.2, 0.25) is 0 Å². The maximum atomic E-state index is 11.3. The van der Waals surface area contributed by atoms with Gasteiger partial charge in [-0.1, -0.05) is 0 Å². The molecular formula is C9H9N3O3. The molecule has 0 aliphatic carbocycles. The molecule has 0 N–H and O–H groups in total. The van der Waals surface area contributed by atoms with Crippen molar-refractivity contribution in [2.24, 2.45) is 0 Å². The molecule has 0 aliphatic heterocycles. The number of nitrogens with zero attached hydrogens (tertiary/aromatic N) is 3. The lowest BCUT2D eigenvalue weighted by Crippen LogP contribution is -2.07. The Bertz CT molecular complexity index is 506. The fraction of sp³-hybridized carbons (Fsp3) is 0.222. The Morgan fingerprint density at radius 2 is 2.27 bits per heavy atom. The second kappa shape index (κ2) is 3.56. The summed E-state index contributed by atoms with van der Waals surface area (Å²) in [6.07, 6.45) is 4.70. The summed E-state index contributed by atoms with van der Waals surface area (Å²) in [6, 6.07) is 0. The fourth-order valence-corrected chi connectivity index (χ4v) is 1.25. The van der Waals surface area contributed by atoms with E-state index < -0.39 is 5.97 Å². The number of methoxy groups -OCH3 is 2. The summed E-state index contributed by atoms with van der Waals surface area (Å²) in [7, 11) is 2.78. The lowest BCUT2D eigenvalue weighted by Gasteiger charge is -2.04. The van der Waals surface area contributed by atoms with Crippen molar-refractivity contribution in [3.05, 3.63) is 24.4 Å². The first kappa shape index (κ1) is 9.45. The zero-order chi connectivity index (χ0) is 10.8. The van der Waals surface area contributed by atoms with Crippen molar-refractivity contribution < 1.29 is 14.3 Å². The fourth-order valence-electron chi connectivity index (χ4n) is 1.25. The van der Waals surface area contributed by atoms with Crippen molar-refractivity contribution in [2.75, 3.05) is 14.2 Å². The van der Waals surface area contributed by atoms with E-state index in [1.165, 1.54) is 20.4 Å². The van der Waals surface area contributed by atoms with Crippen LogP contribution < -0.4 is 4.74 Å². The number of hydrogen-bond donors (Lipinski definition) is 0. The van der Waals surface area contributed by atoms with Gasteiger partial charge in [0.25, 0.3) is 0 Å². The molecule has 2 heterocycles. The van der Waals surface area contributed by atoms with E-state index in [0.29, 0.717) is 11.4 Å². The number of ether oxygens (including phenoxy) is 2. The third-order valence-corrected chi connectivity index (χ3v) is 1.96. The van der Waals surface area contributed by atoms with Gasteiger partial charge in [0.05, 0.1) is 26.7 Å². The number of carbonyl (C=O) groups excluding carboxylic acids is 1. The van der Waals surface area contributed by atoms with Crippen LogP contribution in [0.1, 0.15) is 10.5 Å². The minimum atomic E-state index is -0.510. The van der Waals surface area contributed by atoms with Crippen molar-refractivity contribution in [3.8, 4) is 5.88 Å². The third kappa shape index (κ3) is 1.50. The van der Waals surface area contributed by atoms with E-state index in [1.807, 2.05) is 0 Å². The molecule has 2 aromatic rings. The van der Waals surface area contributed by atoms with Gasteiger partial charge in [-0.2, -0.15) is 0 Å². The Morgan fingerprint density at radius 3 is 2.93 bits per heavy atom. The van der Waals surface area contributed by atoms with E-state index in [1.54, 1.807) is 16.9 Å². The first-order chi connectivity index (χ1) is 7.26. The lowest BCUT2D eigenvalue weighted by atomic mass is 10.4. The summed E-state index contributed by atoms with van der Waals surface area (Å²) >= 11 is 0. The second-order valence-electron chi connectivity index (χ2n) is 2.81. The molecule has 0 bridgehead atoms. The van der Waals surface area contributed by atoms with Crippen LogP contribution in [0.25, 0.3) is 5.52 Å². The zero-order valence-electron chi connectivity index (χ0n) is 8.30. The zero-order valence-corrected chi connectivity index (χ0v) is 8.30. The Kier molecular flexibility index (Phi) is 2.24. The van der Waals surface area contributed by atoms with Crippen LogP contribution in [0.3, 0.4) is 0 Å². The van der Waals surface area contributed by atoms with E-state index in [4.69, 9.17) is 4.74 Å². The molecule has 15 heavy (non-hydrogen) atoms. The van der Waals surface area contributed by atoms with Crippen LogP contribution in [0, 0.1) is 0 Å². The molecule has 0 aliphatic rings. The molecule has 2 aromatic heterocycles. The standard InChI is InChI=1S/C9H9N3O3/c1-14-8-7-3-10-5-12(7)4-6(11-8)9(13)15-2/h3-5H,1-2H3. The van der Waals surface area contributed by atoms with Crippen LogP contribution in [0.4, 0.5) is 0 Å². The normalized spacial score (nSPS) is 10.3. The predicted molar refractivity (Wildman–Crippen MR) is 50.9 cm³/mol. The summed E-state index contributed by atoms with van der Waals surface area (Å²) in [5, 5.41) is 0. The Balaban J connectivity index is 2.63. The minimum absolute atomic E-state index is 0.180. The van der Waals surface area contributed by atoms with Crippen molar-refractivity contribution in [1.29, 1.82) is 0 Å². The highest BCUT2D eigenvalue weighted by atomic mass is 16.5. The smallest absolute Gasteiger partial charge is 0.358 e. The summed E-state index contributed by atoms with van der Waals surface area (Å²) in [5.74, 6) is -0.167. The van der Waals surface area contributed by atoms with E-state index in [0.717, 1.165) is 0 Å². The third-order valence-electron chi connectivity index (χ3n) is 1.96. The van der Waals surface area contributed by atoms with Crippen LogP contribution >= 0.6 is 0 Å². The second-order valence-corrected chi connectivity index (χ2v) is 2.81. The van der Waals surface area contributed by atoms with Gasteiger partial charge in [0.2, 0.25) is 5.88 Å². The van der Waals surface area contributed by atoms with Gasteiger partial charge in [0, 0.05) is 6.20 Å². The average molecular weight is 207 g/mol. The maximum absolute atomic E-state index is 11.3. The first-order valence-electron chi connectivity index (χ1n) is 4.21. The molecule has 0 saturated carbocycles. The van der Waals surface area contributed by atoms with Gasteiger partial charge in [0.1, 0.15) is 5.52 Å². The molecule has 0 saturated heterocycles. The van der Waals surface area contributed by atoms with Crippen LogP contribution in [-0.2, 0) is 4.74 Å². The van der Waals surface area contributed by atoms with Crippen molar-refractivity contribution in [2.45, 2.75) is 0 Å². The van der Waals surface area contributed by atoms with Crippen molar-refractivity contribution >= 4 is 11.5 Å². The first-order valence-corrected chi connectivity index (χ1v) is 4.21. The number of imidazole rings is 1. The number of hydrogen-bond acceptors (Lipinski definition) is 5. The average Bonchev–Trinajstić information content (AvgIpc) is 2.74. The summed E-state index contributed by atoms with van der Waals surface area (Å²) in [6.45, 7) is 0. The molecule has 6 nitrogen and oxygen atoms in total. The number of aromatic nitrogens is 3. The Morgan fingerprint density at radius 1 is 1.47 bits per heavy atom. The summed E-state index contributed by atoms with van der Waals surface area (Å²) in [5.41, 5.74) is 0.880. The minimum Gasteiger partial charge on any atom is -0.479 e. The monoisotopic (exact) mass is 207 g/mol. The highest BCUT2D eigenvalue weighted by Gasteiger charge is 2.12. The molecule has 0 unspecified atom stereocenters. The molecule has 2 rings (SSSR count). The molecule has 0 aromatic carbocycles. The topological polar surface area (TPSA) is 65.7 Å². The lowest BCUT2D eigenvalue weighted by molar-refractivity contribution is 0.0592. The van der Waals surface area contributed by atoms with Crippen LogP contribution in [-0.4, -0.2) is 34.6 Å². The number of fused-ring (bicyclic) bond motifs is 1. The highest BCUT2D eigenvalue weighted by Crippen LogP contribution is 2.16. The number of rotatable bonds is 2. The molecule has 0 amide bonds. The number of carbonyl (C=O) groups is 1. The maximum Gasteiger partial charge on any atom is 0.358 e. The molecule has 0 radical (unpaired) electrons. The Hall–Kier alpha value is -2.11. The molecular weight excluding hydrogens is 198 g/mol. The predicted octanol–water partition coefficient (Wildman–Crippen LogP) is 0.524. The van der Waals surface area contributed by atoms with Crippen molar-refractivity contribution in [1.82, 2.24) is 14.4 Å². The Labute approximate surface area is 85.5 Å². The van der Waals surface area contributed by atoms with E-state index in [-0.39, 0.29) is 5.69 Å². The highest BCUT2D eigenvalue weighted by molar-refractivity contribution is 5.87.